The highest BCUT2D eigenvalue weighted by Crippen LogP contribution is 2.44. The number of cyclic esters (lactones) is 1. The minimum Gasteiger partial charge on any atom is -0.458 e. The molecule has 0 saturated heterocycles. The molecule has 0 spiro atoms. The molecule has 0 amide bonds. The molecule has 0 radical (unpaired) electrons. The van der Waals surface area contributed by atoms with Gasteiger partial charge in [0.2, 0.25) is 0 Å². The molecule has 2 aliphatic heterocycles. The van der Waals surface area contributed by atoms with Crippen molar-refractivity contribution in [2.45, 2.75) is 38.6 Å². The normalized spacial score (nSPS) is 18.5. The van der Waals surface area contributed by atoms with Gasteiger partial charge in [0.15, 0.2) is 5.60 Å². The third kappa shape index (κ3) is 2.99. The molecule has 5 rings (SSSR count). The van der Waals surface area contributed by atoms with E-state index in [4.69, 9.17) is 15.5 Å². The summed E-state index contributed by atoms with van der Waals surface area (Å²) in [5.74, 6) is -0.815. The van der Waals surface area contributed by atoms with Gasteiger partial charge in [-0.05, 0) is 18.1 Å². The lowest BCUT2D eigenvalue weighted by atomic mass is 9.84. The zero-order chi connectivity index (χ0) is 23.3. The van der Waals surface area contributed by atoms with Crippen LogP contribution in [0.2, 0.25) is 0 Å². The quantitative estimate of drug-likeness (QED) is 0.142. The van der Waals surface area contributed by atoms with Crippen LogP contribution in [0.3, 0.4) is 0 Å². The number of esters is 1. The van der Waals surface area contributed by atoms with E-state index >= 15 is 0 Å². The van der Waals surface area contributed by atoms with E-state index in [0.717, 1.165) is 22.8 Å². The number of benzene rings is 1. The zero-order valence-corrected chi connectivity index (χ0v) is 18.0. The van der Waals surface area contributed by atoms with Gasteiger partial charge in [0.1, 0.15) is 12.9 Å². The number of fused-ring (bicyclic) bond motifs is 5. The number of para-hydroxylation sites is 1. The fourth-order valence-electron chi connectivity index (χ4n) is 4.80. The number of hydrogen-bond donors (Lipinski definition) is 4. The standard InChI is InChI=1S/C23H23N5O5/c1-2-23(32)17-15(11-33-22(23)31)21(30)28-10-14-13(9-26-25-7-8-29)12-5-3-4-6-16(12)27-19(14)20(28)18(17)24/h3-6,8,25-26,32H,2,7,9-11,24H2,1H3/t23-/m0/s1. The number of ether oxygens (including phenoxy) is 1. The highest BCUT2D eigenvalue weighted by atomic mass is 16.6. The van der Waals surface area contributed by atoms with Gasteiger partial charge >= 0.3 is 5.97 Å². The van der Waals surface area contributed by atoms with Crippen molar-refractivity contribution in [1.29, 1.82) is 0 Å². The topological polar surface area (TPSA) is 149 Å². The van der Waals surface area contributed by atoms with Crippen LogP contribution in [-0.4, -0.2) is 33.5 Å². The summed E-state index contributed by atoms with van der Waals surface area (Å²) in [7, 11) is 0. The number of aldehydes is 1. The van der Waals surface area contributed by atoms with E-state index in [-0.39, 0.29) is 48.5 Å². The van der Waals surface area contributed by atoms with Gasteiger partial charge in [-0.25, -0.2) is 9.78 Å². The smallest absolute Gasteiger partial charge is 0.343 e. The molecule has 0 saturated carbocycles. The van der Waals surface area contributed by atoms with Gasteiger partial charge in [0, 0.05) is 23.1 Å². The number of rotatable bonds is 6. The third-order valence-electron chi connectivity index (χ3n) is 6.44. The van der Waals surface area contributed by atoms with Crippen LogP contribution in [0.25, 0.3) is 22.3 Å². The Labute approximate surface area is 188 Å². The van der Waals surface area contributed by atoms with E-state index in [9.17, 15) is 19.5 Å². The molecule has 33 heavy (non-hydrogen) atoms. The van der Waals surface area contributed by atoms with Crippen LogP contribution in [0.1, 0.15) is 35.6 Å². The number of hydrazine groups is 1. The molecule has 5 N–H and O–H groups in total. The lowest BCUT2D eigenvalue weighted by Crippen LogP contribution is -2.45. The lowest BCUT2D eigenvalue weighted by Gasteiger charge is -2.33. The maximum Gasteiger partial charge on any atom is 0.343 e. The first-order valence-corrected chi connectivity index (χ1v) is 10.7. The summed E-state index contributed by atoms with van der Waals surface area (Å²) in [5.41, 5.74) is 13.9. The first kappa shape index (κ1) is 21.3. The second-order valence-electron chi connectivity index (χ2n) is 8.13. The molecule has 170 valence electrons. The van der Waals surface area contributed by atoms with Crippen molar-refractivity contribution in [1.82, 2.24) is 20.4 Å². The molecule has 0 bridgehead atoms. The second-order valence-corrected chi connectivity index (χ2v) is 8.13. The average Bonchev–Trinajstić information content (AvgIpc) is 3.21. The van der Waals surface area contributed by atoms with Crippen molar-refractivity contribution in [3.05, 3.63) is 56.9 Å². The number of hydrogen-bond acceptors (Lipinski definition) is 9. The number of carbonyl (C=O) groups excluding carboxylic acids is 2. The van der Waals surface area contributed by atoms with Gasteiger partial charge in [-0.1, -0.05) is 25.1 Å². The molecule has 2 aliphatic rings. The van der Waals surface area contributed by atoms with Crippen molar-refractivity contribution < 1.29 is 19.4 Å². The Kier molecular flexibility index (Phi) is 5.00. The third-order valence-corrected chi connectivity index (χ3v) is 6.44. The monoisotopic (exact) mass is 449 g/mol. The molecule has 10 nitrogen and oxygen atoms in total. The lowest BCUT2D eigenvalue weighted by molar-refractivity contribution is -0.172. The Morgan fingerprint density at radius 2 is 2.06 bits per heavy atom. The number of nitrogens with zero attached hydrogens (tertiary/aromatic N) is 2. The summed E-state index contributed by atoms with van der Waals surface area (Å²) in [6.45, 7) is 2.16. The van der Waals surface area contributed by atoms with Gasteiger partial charge < -0.3 is 24.9 Å². The van der Waals surface area contributed by atoms with Gasteiger partial charge in [0.05, 0.1) is 41.2 Å². The van der Waals surface area contributed by atoms with Crippen LogP contribution < -0.4 is 22.1 Å². The van der Waals surface area contributed by atoms with E-state index in [2.05, 4.69) is 10.9 Å². The number of carbonyl (C=O) groups is 2. The van der Waals surface area contributed by atoms with Crippen LogP contribution in [0, 0.1) is 0 Å². The molecule has 2 aromatic heterocycles. The summed E-state index contributed by atoms with van der Waals surface area (Å²) < 4.78 is 6.66. The molecule has 10 heteroatoms. The molecule has 0 fully saturated rings. The molecule has 3 aromatic rings. The summed E-state index contributed by atoms with van der Waals surface area (Å²) in [4.78, 5) is 41.3. The van der Waals surface area contributed by atoms with Crippen LogP contribution in [0.5, 0.6) is 0 Å². The maximum absolute atomic E-state index is 13.5. The Bertz CT molecular complexity index is 1380. The molecular formula is C23H23N5O5. The molecule has 0 aliphatic carbocycles. The summed E-state index contributed by atoms with van der Waals surface area (Å²) in [5, 5.41) is 12.0. The van der Waals surface area contributed by atoms with E-state index in [1.807, 2.05) is 24.3 Å². The minimum absolute atomic E-state index is 0.0154. The maximum atomic E-state index is 13.5. The van der Waals surface area contributed by atoms with Gasteiger partial charge in [0.25, 0.3) is 5.56 Å². The average molecular weight is 449 g/mol. The summed E-state index contributed by atoms with van der Waals surface area (Å²) in [6.07, 6.45) is 0.766. The Morgan fingerprint density at radius 1 is 1.27 bits per heavy atom. The number of nitrogens with one attached hydrogen (secondary N) is 2. The van der Waals surface area contributed by atoms with Crippen molar-refractivity contribution in [2.24, 2.45) is 0 Å². The molecule has 4 heterocycles. The highest BCUT2D eigenvalue weighted by Gasteiger charge is 2.47. The fourth-order valence-corrected chi connectivity index (χ4v) is 4.80. The van der Waals surface area contributed by atoms with E-state index in [1.54, 1.807) is 6.92 Å². The Morgan fingerprint density at radius 3 is 2.82 bits per heavy atom. The molecule has 1 aromatic carbocycles. The van der Waals surface area contributed by atoms with Gasteiger partial charge in [-0.2, -0.15) is 0 Å². The number of nitrogens with two attached hydrogens (primary N) is 1. The summed E-state index contributed by atoms with van der Waals surface area (Å²) in [6, 6.07) is 7.59. The van der Waals surface area contributed by atoms with E-state index < -0.39 is 11.6 Å². The van der Waals surface area contributed by atoms with Crippen LogP contribution >= 0.6 is 0 Å². The first-order chi connectivity index (χ1) is 15.9. The predicted molar refractivity (Wildman–Crippen MR) is 120 cm³/mol. The van der Waals surface area contributed by atoms with Gasteiger partial charge in [-0.15, -0.1) is 0 Å². The molecule has 1 atom stereocenters. The largest absolute Gasteiger partial charge is 0.458 e. The molecular weight excluding hydrogens is 426 g/mol. The van der Waals surface area contributed by atoms with E-state index in [0.29, 0.717) is 23.4 Å². The number of nitrogen functional groups attached to an aromatic ring is 1. The summed E-state index contributed by atoms with van der Waals surface area (Å²) >= 11 is 0. The van der Waals surface area contributed by atoms with Crippen molar-refractivity contribution >= 4 is 28.8 Å². The van der Waals surface area contributed by atoms with E-state index in [1.165, 1.54) is 4.57 Å². The van der Waals surface area contributed by atoms with Crippen LogP contribution in [-0.2, 0) is 39.6 Å². The van der Waals surface area contributed by atoms with Gasteiger partial charge in [-0.3, -0.25) is 15.6 Å². The number of aliphatic hydroxyl groups is 1. The molecule has 0 unspecified atom stereocenters. The zero-order valence-electron chi connectivity index (χ0n) is 18.0. The predicted octanol–water partition coefficient (Wildman–Crippen LogP) is 0.455. The number of anilines is 1. The fraction of sp³-hybridized carbons (Fsp3) is 0.304. The number of aromatic nitrogens is 2. The Hall–Kier alpha value is -3.60. The van der Waals surface area contributed by atoms with Crippen molar-refractivity contribution in [2.75, 3.05) is 12.3 Å². The van der Waals surface area contributed by atoms with Crippen LogP contribution in [0.4, 0.5) is 5.69 Å². The first-order valence-electron chi connectivity index (χ1n) is 10.7. The highest BCUT2D eigenvalue weighted by molar-refractivity contribution is 5.93. The van der Waals surface area contributed by atoms with Crippen molar-refractivity contribution in [3.8, 4) is 11.4 Å². The minimum atomic E-state index is -1.99. The SMILES string of the molecule is CC[C@@]1(O)C(=O)OCc2c1c(N)c1n(c2=O)Cc2c-1nc1ccccc1c2CNNCC=O. The van der Waals surface area contributed by atoms with Crippen LogP contribution in [0.15, 0.2) is 29.1 Å². The second kappa shape index (κ2) is 7.77. The Balaban J connectivity index is 1.76. The number of pyridine rings is 2. The van der Waals surface area contributed by atoms with Crippen molar-refractivity contribution in [3.63, 3.8) is 0 Å².